The molecule has 1 aromatic heterocycles. The van der Waals surface area contributed by atoms with Gasteiger partial charge in [0.15, 0.2) is 17.7 Å². The maximum Gasteiger partial charge on any atom is 0.276 e. The van der Waals surface area contributed by atoms with Crippen LogP contribution in [0.3, 0.4) is 0 Å². The van der Waals surface area contributed by atoms with Gasteiger partial charge in [-0.05, 0) is 63.3 Å². The molecule has 2 aromatic rings. The first-order valence-electron chi connectivity index (χ1n) is 12.8. The van der Waals surface area contributed by atoms with Gasteiger partial charge in [0.05, 0.1) is 23.8 Å². The smallest absolute Gasteiger partial charge is 0.276 e. The molecule has 1 amide bonds. The van der Waals surface area contributed by atoms with E-state index in [0.29, 0.717) is 31.6 Å². The Morgan fingerprint density at radius 3 is 2.58 bits per heavy atom. The summed E-state index contributed by atoms with van der Waals surface area (Å²) in [5, 5.41) is 15.1. The molecule has 3 saturated heterocycles. The van der Waals surface area contributed by atoms with Crippen molar-refractivity contribution in [3.8, 4) is 5.75 Å². The van der Waals surface area contributed by atoms with E-state index < -0.39 is 46.0 Å². The number of ketones is 2. The molecule has 11 nitrogen and oxygen atoms in total. The molecule has 204 valence electrons. The van der Waals surface area contributed by atoms with Gasteiger partial charge in [0, 0.05) is 19.2 Å². The van der Waals surface area contributed by atoms with E-state index in [1.165, 1.54) is 29.4 Å². The number of nitrogens with zero attached hydrogens (tertiary/aromatic N) is 1. The fourth-order valence-corrected chi connectivity index (χ4v) is 6.76. The number of amides is 1. The Bertz CT molecular complexity index is 1330. The van der Waals surface area contributed by atoms with E-state index in [9.17, 15) is 27.9 Å². The quantitative estimate of drug-likeness (QED) is 0.413. The number of sulfonamides is 1. The van der Waals surface area contributed by atoms with Crippen molar-refractivity contribution in [3.63, 3.8) is 0 Å². The molecule has 3 N–H and O–H groups in total. The van der Waals surface area contributed by atoms with Gasteiger partial charge < -0.3 is 24.9 Å². The Morgan fingerprint density at radius 1 is 1.18 bits per heavy atom. The van der Waals surface area contributed by atoms with Crippen LogP contribution in [0, 0.1) is 6.92 Å². The predicted molar refractivity (Wildman–Crippen MR) is 134 cm³/mol. The number of aromatic hydroxyl groups is 1. The number of benzene rings is 1. The number of fused-ring (bicyclic) bond motifs is 1. The topological polar surface area (TPSA) is 155 Å². The zero-order valence-corrected chi connectivity index (χ0v) is 21.8. The maximum atomic E-state index is 13.6. The number of ether oxygens (including phenoxy) is 1. The molecule has 12 heteroatoms. The summed E-state index contributed by atoms with van der Waals surface area (Å²) < 4.78 is 38.5. The third kappa shape index (κ3) is 5.13. The van der Waals surface area contributed by atoms with Crippen LogP contribution in [0.25, 0.3) is 0 Å². The Hall–Kier alpha value is -3.06. The summed E-state index contributed by atoms with van der Waals surface area (Å²) in [5.41, 5.74) is 0.629. The van der Waals surface area contributed by atoms with E-state index in [4.69, 9.17) is 9.15 Å². The molecule has 0 aliphatic carbocycles. The number of carbonyl (C=O) groups excluding carboxylic acids is 3. The molecule has 3 aliphatic heterocycles. The summed E-state index contributed by atoms with van der Waals surface area (Å²) in [4.78, 5) is 39.9. The van der Waals surface area contributed by atoms with Crippen LogP contribution in [-0.2, 0) is 30.8 Å². The SMILES string of the molecule is Cc1oc(S(=O)(=O)N2CCCC2)cc1C(=O)NC(Cc1ccc(O)cc1)C(=O)C1OC2CCCNC2C1=O. The highest BCUT2D eigenvalue weighted by molar-refractivity contribution is 7.89. The number of furan rings is 1. The molecule has 1 aromatic carbocycles. The minimum atomic E-state index is -3.88. The molecular weight excluding hydrogens is 514 g/mol. The molecule has 0 saturated carbocycles. The van der Waals surface area contributed by atoms with Crippen LogP contribution in [0.4, 0.5) is 0 Å². The molecule has 0 bridgehead atoms. The summed E-state index contributed by atoms with van der Waals surface area (Å²) in [6.07, 6.45) is 1.31. The third-order valence-electron chi connectivity index (χ3n) is 7.36. The van der Waals surface area contributed by atoms with Crippen LogP contribution in [0.2, 0.25) is 0 Å². The number of aryl methyl sites for hydroxylation is 1. The zero-order valence-electron chi connectivity index (χ0n) is 21.0. The van der Waals surface area contributed by atoms with Gasteiger partial charge in [-0.2, -0.15) is 4.31 Å². The Kier molecular flexibility index (Phi) is 7.40. The Balaban J connectivity index is 1.39. The molecule has 4 atom stereocenters. The van der Waals surface area contributed by atoms with Crippen LogP contribution < -0.4 is 10.6 Å². The number of hydrogen-bond donors (Lipinski definition) is 3. The van der Waals surface area contributed by atoms with Crippen molar-refractivity contribution < 1.29 is 37.1 Å². The second kappa shape index (κ2) is 10.6. The lowest BCUT2D eigenvalue weighted by Crippen LogP contribution is -2.50. The monoisotopic (exact) mass is 545 g/mol. The van der Waals surface area contributed by atoms with Crippen molar-refractivity contribution in [2.24, 2.45) is 0 Å². The van der Waals surface area contributed by atoms with Gasteiger partial charge in [0.2, 0.25) is 5.09 Å². The van der Waals surface area contributed by atoms with Gasteiger partial charge in [0.1, 0.15) is 11.5 Å². The van der Waals surface area contributed by atoms with Gasteiger partial charge in [-0.1, -0.05) is 12.1 Å². The fraction of sp³-hybridized carbons (Fsp3) is 0.500. The first-order valence-corrected chi connectivity index (χ1v) is 14.2. The van der Waals surface area contributed by atoms with Gasteiger partial charge >= 0.3 is 0 Å². The fourth-order valence-electron chi connectivity index (χ4n) is 5.27. The first-order chi connectivity index (χ1) is 18.1. The molecule has 5 rings (SSSR count). The number of carbonyl (C=O) groups is 3. The molecule has 3 aliphatic rings. The van der Waals surface area contributed by atoms with Crippen molar-refractivity contribution in [2.75, 3.05) is 19.6 Å². The molecule has 0 spiro atoms. The summed E-state index contributed by atoms with van der Waals surface area (Å²) in [5.74, 6) is -1.50. The highest BCUT2D eigenvalue weighted by Gasteiger charge is 2.49. The molecule has 38 heavy (non-hydrogen) atoms. The highest BCUT2D eigenvalue weighted by atomic mass is 32.2. The van der Waals surface area contributed by atoms with E-state index >= 15 is 0 Å². The van der Waals surface area contributed by atoms with Crippen molar-refractivity contribution in [1.29, 1.82) is 0 Å². The van der Waals surface area contributed by atoms with E-state index in [-0.39, 0.29) is 34.4 Å². The predicted octanol–water partition coefficient (Wildman–Crippen LogP) is 1.08. The lowest BCUT2D eigenvalue weighted by atomic mass is 9.94. The average Bonchev–Trinajstić information content (AvgIpc) is 3.65. The molecule has 0 radical (unpaired) electrons. The number of rotatable bonds is 8. The zero-order chi connectivity index (χ0) is 27.0. The normalized spacial score (nSPS) is 24.8. The summed E-state index contributed by atoms with van der Waals surface area (Å²) in [7, 11) is -3.88. The van der Waals surface area contributed by atoms with E-state index in [1.54, 1.807) is 12.1 Å². The highest BCUT2D eigenvalue weighted by Crippen LogP contribution is 2.27. The van der Waals surface area contributed by atoms with Crippen molar-refractivity contribution in [2.45, 2.75) is 68.4 Å². The standard InChI is InChI=1S/C26H31N3O8S/c1-15-18(14-21(36-15)38(34,35)29-11-2-3-12-29)26(33)28-19(13-16-6-8-17(30)9-7-16)23(31)25-24(32)22-20(37-25)5-4-10-27-22/h6-9,14,19-20,22,25,27,30H,2-5,10-13H2,1H3,(H,28,33). The molecule has 3 fully saturated rings. The van der Waals surface area contributed by atoms with Crippen LogP contribution in [0.15, 0.2) is 39.8 Å². The number of nitrogens with one attached hydrogen (secondary N) is 2. The summed E-state index contributed by atoms with van der Waals surface area (Å²) in [6, 6.07) is 5.63. The second-order valence-corrected chi connectivity index (χ2v) is 11.8. The van der Waals surface area contributed by atoms with Gasteiger partial charge in [0.25, 0.3) is 15.9 Å². The van der Waals surface area contributed by atoms with Gasteiger partial charge in [-0.3, -0.25) is 14.4 Å². The van der Waals surface area contributed by atoms with E-state index in [0.717, 1.165) is 19.3 Å². The maximum absolute atomic E-state index is 13.6. The van der Waals surface area contributed by atoms with Crippen LogP contribution in [-0.4, -0.2) is 79.2 Å². The lowest BCUT2D eigenvalue weighted by molar-refractivity contribution is -0.138. The first kappa shape index (κ1) is 26.5. The minimum Gasteiger partial charge on any atom is -0.508 e. The summed E-state index contributed by atoms with van der Waals surface area (Å²) >= 11 is 0. The number of phenols is 1. The number of Topliss-reactive ketones (excluding diaryl/α,β-unsaturated/α-hetero) is 2. The second-order valence-electron chi connectivity index (χ2n) is 9.98. The number of piperidine rings is 1. The lowest BCUT2D eigenvalue weighted by Gasteiger charge is -2.23. The number of hydrogen-bond acceptors (Lipinski definition) is 9. The Morgan fingerprint density at radius 2 is 1.89 bits per heavy atom. The Labute approximate surface area is 220 Å². The van der Waals surface area contributed by atoms with E-state index in [1.807, 2.05) is 0 Å². The van der Waals surface area contributed by atoms with Crippen LogP contribution in [0.1, 0.15) is 47.4 Å². The molecule has 4 unspecified atom stereocenters. The van der Waals surface area contributed by atoms with Gasteiger partial charge in [-0.15, -0.1) is 0 Å². The third-order valence-corrected chi connectivity index (χ3v) is 9.11. The number of phenolic OH excluding ortho intramolecular Hbond substituents is 1. The summed E-state index contributed by atoms with van der Waals surface area (Å²) in [6.45, 7) is 2.92. The average molecular weight is 546 g/mol. The molecule has 4 heterocycles. The largest absolute Gasteiger partial charge is 0.508 e. The van der Waals surface area contributed by atoms with Crippen molar-refractivity contribution >= 4 is 27.5 Å². The van der Waals surface area contributed by atoms with Crippen molar-refractivity contribution in [1.82, 2.24) is 14.9 Å². The minimum absolute atomic E-state index is 0.0136. The van der Waals surface area contributed by atoms with E-state index in [2.05, 4.69) is 10.6 Å². The van der Waals surface area contributed by atoms with Crippen LogP contribution >= 0.6 is 0 Å². The molecular formula is C26H31N3O8S. The van der Waals surface area contributed by atoms with Crippen LogP contribution in [0.5, 0.6) is 5.75 Å². The van der Waals surface area contributed by atoms with Gasteiger partial charge in [-0.25, -0.2) is 8.42 Å². The van der Waals surface area contributed by atoms with Crippen molar-refractivity contribution in [3.05, 3.63) is 47.2 Å².